The van der Waals surface area contributed by atoms with E-state index < -0.39 is 0 Å². The van der Waals surface area contributed by atoms with Gasteiger partial charge < -0.3 is 18.3 Å². The highest BCUT2D eigenvalue weighted by molar-refractivity contribution is 7.21. The van der Waals surface area contributed by atoms with Crippen molar-refractivity contribution in [2.45, 2.75) is 6.92 Å². The van der Waals surface area contributed by atoms with Gasteiger partial charge in [-0.2, -0.15) is 5.26 Å². The van der Waals surface area contributed by atoms with Crippen LogP contribution in [-0.2, 0) is 0 Å². The molecule has 0 saturated heterocycles. The standard InChI is InChI=1S/C87H54N6S/c1-54-34-51-80-70(52-54)69-24-8-16-32-79(69)93(80)62-45-37-56(38-46-62)83-82(55-35-43-59(44-36-55)90-73-26-10-2-18-63(73)64-19-3-11-27-74(64)90)71(53-88)86(87-89-72-25-9-17-33-81(72)94-87)85(58-41-49-61(50-42-58)92-77-30-14-6-22-67(77)68-23-7-15-31-78(68)92)84(83)57-39-47-60(48-40-57)91-75-28-12-4-20-65(75)66-21-5-13-29-76(66)91/h2-52H,1H3. The second-order valence-corrected chi connectivity index (χ2v) is 25.5. The van der Waals surface area contributed by atoms with Crippen molar-refractivity contribution < 1.29 is 0 Å². The molecular weight excluding hydrogens is 1160 g/mol. The van der Waals surface area contributed by atoms with Crippen LogP contribution in [0.2, 0.25) is 0 Å². The first-order valence-electron chi connectivity index (χ1n) is 31.9. The number of para-hydroxylation sites is 8. The summed E-state index contributed by atoms with van der Waals surface area (Å²) in [6.45, 7) is 2.16. The fraction of sp³-hybridized carbons (Fsp3) is 0.0115. The van der Waals surface area contributed by atoms with Crippen molar-refractivity contribution in [1.29, 1.82) is 5.26 Å². The van der Waals surface area contributed by atoms with Gasteiger partial charge in [0.2, 0.25) is 0 Å². The van der Waals surface area contributed by atoms with Gasteiger partial charge in [0, 0.05) is 82.5 Å². The molecule has 14 aromatic carbocycles. The van der Waals surface area contributed by atoms with Crippen LogP contribution in [0.4, 0.5) is 0 Å². The highest BCUT2D eigenvalue weighted by Crippen LogP contribution is 2.54. The zero-order valence-corrected chi connectivity index (χ0v) is 51.9. The second-order valence-electron chi connectivity index (χ2n) is 24.5. The van der Waals surface area contributed by atoms with Crippen molar-refractivity contribution in [3.05, 3.63) is 321 Å². The summed E-state index contributed by atoms with van der Waals surface area (Å²) in [5.41, 5.74) is 24.2. The van der Waals surface area contributed by atoms with Gasteiger partial charge in [0.15, 0.2) is 0 Å². The Balaban J connectivity index is 0.923. The molecule has 19 rings (SSSR count). The molecule has 6 nitrogen and oxygen atoms in total. The van der Waals surface area contributed by atoms with Crippen LogP contribution in [0.15, 0.2) is 309 Å². The summed E-state index contributed by atoms with van der Waals surface area (Å²) >= 11 is 1.64. The van der Waals surface area contributed by atoms with Crippen LogP contribution in [0.1, 0.15) is 11.1 Å². The third-order valence-electron chi connectivity index (χ3n) is 19.3. The van der Waals surface area contributed by atoms with Crippen LogP contribution in [0.5, 0.6) is 0 Å². The van der Waals surface area contributed by atoms with Gasteiger partial charge in [-0.1, -0.05) is 200 Å². The van der Waals surface area contributed by atoms with E-state index in [-0.39, 0.29) is 0 Å². The van der Waals surface area contributed by atoms with E-state index in [0.717, 1.165) is 132 Å². The van der Waals surface area contributed by atoms with Gasteiger partial charge >= 0.3 is 0 Å². The monoisotopic (exact) mass is 1210 g/mol. The predicted octanol–water partition coefficient (Wildman–Crippen LogP) is 23.2. The number of aromatic nitrogens is 5. The highest BCUT2D eigenvalue weighted by Gasteiger charge is 2.31. The van der Waals surface area contributed by atoms with Gasteiger partial charge in [0.1, 0.15) is 11.1 Å². The molecule has 0 aliphatic rings. The maximum atomic E-state index is 12.5. The Morgan fingerprint density at radius 2 is 0.574 bits per heavy atom. The number of benzene rings is 14. The van der Waals surface area contributed by atoms with Crippen LogP contribution >= 0.6 is 11.3 Å². The Kier molecular flexibility index (Phi) is 12.0. The molecule has 5 heterocycles. The lowest BCUT2D eigenvalue weighted by atomic mass is 9.77. The normalized spacial score (nSPS) is 11.9. The molecule has 0 fully saturated rings. The molecule has 438 valence electrons. The number of thiazole rings is 1. The van der Waals surface area contributed by atoms with E-state index >= 15 is 0 Å². The van der Waals surface area contributed by atoms with Crippen LogP contribution in [0.3, 0.4) is 0 Å². The highest BCUT2D eigenvalue weighted by atomic mass is 32.1. The molecular formula is C87H54N6S. The number of fused-ring (bicyclic) bond motifs is 13. The maximum absolute atomic E-state index is 12.5. The zero-order chi connectivity index (χ0) is 62.1. The first-order valence-corrected chi connectivity index (χ1v) is 32.7. The molecule has 0 N–H and O–H groups in total. The molecule has 0 aliphatic carbocycles. The number of rotatable bonds is 9. The molecule has 94 heavy (non-hydrogen) atoms. The molecule has 5 aromatic heterocycles. The fourth-order valence-corrected chi connectivity index (χ4v) is 16.3. The molecule has 0 aliphatic heterocycles. The lowest BCUT2D eigenvalue weighted by Crippen LogP contribution is -2.03. The molecule has 19 aromatic rings. The summed E-state index contributed by atoms with van der Waals surface area (Å²) < 4.78 is 10.5. The Bertz CT molecular complexity index is 6150. The van der Waals surface area contributed by atoms with Crippen LogP contribution in [0.25, 0.3) is 175 Å². The van der Waals surface area contributed by atoms with Crippen molar-refractivity contribution in [2.75, 3.05) is 0 Å². The third-order valence-corrected chi connectivity index (χ3v) is 20.4. The average molecular weight is 1220 g/mol. The van der Waals surface area contributed by atoms with Crippen molar-refractivity contribution in [3.8, 4) is 83.9 Å². The Hall–Kier alpha value is -12.3. The maximum Gasteiger partial charge on any atom is 0.126 e. The van der Waals surface area contributed by atoms with Gasteiger partial charge in [-0.15, -0.1) is 11.3 Å². The average Bonchev–Trinajstić information content (AvgIpc) is 0.998. The third kappa shape index (κ3) is 8.10. The summed E-state index contributed by atoms with van der Waals surface area (Å²) in [6.07, 6.45) is 0. The Morgan fingerprint density at radius 3 is 0.926 bits per heavy atom. The number of nitriles is 1. The zero-order valence-electron chi connectivity index (χ0n) is 51.0. The van der Waals surface area contributed by atoms with E-state index in [1.165, 1.54) is 48.7 Å². The van der Waals surface area contributed by atoms with Crippen molar-refractivity contribution in [2.24, 2.45) is 0 Å². The summed E-state index contributed by atoms with van der Waals surface area (Å²) in [7, 11) is 0. The van der Waals surface area contributed by atoms with E-state index in [4.69, 9.17) is 4.98 Å². The molecule has 0 atom stereocenters. The van der Waals surface area contributed by atoms with E-state index in [2.05, 4.69) is 335 Å². The lowest BCUT2D eigenvalue weighted by molar-refractivity contribution is 1.18. The molecule has 0 amide bonds. The van der Waals surface area contributed by atoms with Crippen LogP contribution < -0.4 is 0 Å². The molecule has 0 saturated carbocycles. The topological polar surface area (TPSA) is 56.4 Å². The minimum absolute atomic E-state index is 0.549. The van der Waals surface area contributed by atoms with E-state index in [9.17, 15) is 5.26 Å². The van der Waals surface area contributed by atoms with Crippen molar-refractivity contribution in [3.63, 3.8) is 0 Å². The molecule has 0 unspecified atom stereocenters. The lowest BCUT2D eigenvalue weighted by Gasteiger charge is -2.26. The van der Waals surface area contributed by atoms with Crippen LogP contribution in [0, 0.1) is 18.3 Å². The smallest absolute Gasteiger partial charge is 0.126 e. The number of hydrogen-bond acceptors (Lipinski definition) is 3. The second kappa shape index (κ2) is 21.1. The Labute approximate surface area is 545 Å². The first-order chi connectivity index (χ1) is 46.5. The summed E-state index contributed by atoms with van der Waals surface area (Å²) in [5, 5.41) is 22.9. The fourth-order valence-electron chi connectivity index (χ4n) is 15.3. The van der Waals surface area contributed by atoms with Crippen molar-refractivity contribution in [1.82, 2.24) is 23.3 Å². The SMILES string of the molecule is Cc1ccc2c(c1)c1ccccc1n2-c1ccc(-c2c(-c3ccc(-n4c5ccccc5c5ccccc54)cc3)c(C#N)c(-c3nc4ccccc4s3)c(-c3ccc(-n4c5ccccc5c5ccccc54)cc3)c2-c2ccc(-n3c4ccccc4c4ccccc43)cc2)cc1. The van der Waals surface area contributed by atoms with Gasteiger partial charge in [-0.05, 0) is 156 Å². The van der Waals surface area contributed by atoms with E-state index in [1.54, 1.807) is 11.3 Å². The molecule has 0 spiro atoms. The number of nitrogens with zero attached hydrogens (tertiary/aromatic N) is 6. The summed E-state index contributed by atoms with van der Waals surface area (Å²) in [6, 6.07) is 115. The predicted molar refractivity (Wildman–Crippen MR) is 394 cm³/mol. The van der Waals surface area contributed by atoms with Crippen LogP contribution in [-0.4, -0.2) is 23.3 Å². The minimum Gasteiger partial charge on any atom is -0.309 e. The van der Waals surface area contributed by atoms with Gasteiger partial charge in [0.25, 0.3) is 0 Å². The summed E-state index contributed by atoms with van der Waals surface area (Å²) in [5.74, 6) is 0. The van der Waals surface area contributed by atoms with Gasteiger partial charge in [0.05, 0.1) is 59.9 Å². The number of hydrogen-bond donors (Lipinski definition) is 0. The molecule has 0 bridgehead atoms. The van der Waals surface area contributed by atoms with Gasteiger partial charge in [-0.3, -0.25) is 0 Å². The minimum atomic E-state index is 0.549. The number of aryl methyl sites for hydroxylation is 1. The first kappa shape index (κ1) is 53.5. The Morgan fingerprint density at radius 1 is 0.287 bits per heavy atom. The van der Waals surface area contributed by atoms with Crippen molar-refractivity contribution >= 4 is 109 Å². The van der Waals surface area contributed by atoms with E-state index in [1.807, 2.05) is 6.07 Å². The van der Waals surface area contributed by atoms with E-state index in [0.29, 0.717) is 5.56 Å². The van der Waals surface area contributed by atoms with Gasteiger partial charge in [-0.25, -0.2) is 4.98 Å². The largest absolute Gasteiger partial charge is 0.309 e. The quantitative estimate of drug-likeness (QED) is 0.145. The molecule has 7 heteroatoms. The molecule has 0 radical (unpaired) electrons. The summed E-state index contributed by atoms with van der Waals surface area (Å²) in [4.78, 5) is 5.54.